The molecule has 0 spiro atoms. The third-order valence-corrected chi connectivity index (χ3v) is 4.03. The van der Waals surface area contributed by atoms with Crippen LogP contribution in [0.2, 0.25) is 0 Å². The lowest BCUT2D eigenvalue weighted by molar-refractivity contribution is -0.142. The van der Waals surface area contributed by atoms with Gasteiger partial charge in [0.25, 0.3) is 0 Å². The van der Waals surface area contributed by atoms with Crippen molar-refractivity contribution in [2.45, 2.75) is 33.1 Å². The van der Waals surface area contributed by atoms with Gasteiger partial charge in [0, 0.05) is 13.1 Å². The SMILES string of the molecule is CC1(C)[C@H](C(=O)O)[C@H]1C(=O)N1CCCCC1. The van der Waals surface area contributed by atoms with Crippen LogP contribution in [0.4, 0.5) is 0 Å². The lowest BCUT2D eigenvalue weighted by Crippen LogP contribution is -2.37. The fraction of sp³-hybridized carbons (Fsp3) is 0.833. The summed E-state index contributed by atoms with van der Waals surface area (Å²) in [6, 6.07) is 0. The molecule has 1 saturated heterocycles. The standard InChI is InChI=1S/C12H19NO3/c1-12(2)8(9(12)11(15)16)10(14)13-6-4-3-5-7-13/h8-9H,3-7H2,1-2H3,(H,15,16)/t8-,9-/m0/s1. The number of carbonyl (C=O) groups excluding carboxylic acids is 1. The van der Waals surface area contributed by atoms with Crippen LogP contribution in [0.3, 0.4) is 0 Å². The van der Waals surface area contributed by atoms with Crippen molar-refractivity contribution < 1.29 is 14.7 Å². The molecule has 4 heteroatoms. The molecule has 1 aliphatic heterocycles. The number of amides is 1. The fourth-order valence-electron chi connectivity index (χ4n) is 2.87. The van der Waals surface area contributed by atoms with Gasteiger partial charge >= 0.3 is 5.97 Å². The molecule has 0 aromatic heterocycles. The van der Waals surface area contributed by atoms with Crippen molar-refractivity contribution in [3.63, 3.8) is 0 Å². The predicted octanol–water partition coefficient (Wildman–Crippen LogP) is 1.36. The van der Waals surface area contributed by atoms with Crippen LogP contribution in [0.5, 0.6) is 0 Å². The number of hydrogen-bond donors (Lipinski definition) is 1. The molecular weight excluding hydrogens is 206 g/mol. The van der Waals surface area contributed by atoms with Crippen molar-refractivity contribution in [3.8, 4) is 0 Å². The second kappa shape index (κ2) is 3.75. The molecule has 2 aliphatic rings. The average Bonchev–Trinajstić information content (AvgIpc) is 2.82. The fourth-order valence-corrected chi connectivity index (χ4v) is 2.87. The van der Waals surface area contributed by atoms with Crippen molar-refractivity contribution in [1.82, 2.24) is 4.90 Å². The lowest BCUT2D eigenvalue weighted by atomic mass is 10.1. The van der Waals surface area contributed by atoms with Crippen molar-refractivity contribution in [2.24, 2.45) is 17.3 Å². The summed E-state index contributed by atoms with van der Waals surface area (Å²) in [5.41, 5.74) is -0.361. The molecule has 1 aliphatic carbocycles. The first-order chi connectivity index (χ1) is 7.46. The van der Waals surface area contributed by atoms with E-state index in [-0.39, 0.29) is 17.2 Å². The third-order valence-electron chi connectivity index (χ3n) is 4.03. The van der Waals surface area contributed by atoms with E-state index in [9.17, 15) is 9.59 Å². The Bertz CT molecular complexity index is 318. The Kier molecular flexibility index (Phi) is 2.68. The van der Waals surface area contributed by atoms with Gasteiger partial charge in [0.2, 0.25) is 5.91 Å². The van der Waals surface area contributed by atoms with Gasteiger partial charge in [-0.05, 0) is 24.7 Å². The highest BCUT2D eigenvalue weighted by Gasteiger charge is 2.66. The van der Waals surface area contributed by atoms with Crippen LogP contribution in [-0.2, 0) is 9.59 Å². The summed E-state index contributed by atoms with van der Waals surface area (Å²) in [5.74, 6) is -1.57. The Morgan fingerprint density at radius 2 is 1.69 bits per heavy atom. The van der Waals surface area contributed by atoms with Crippen molar-refractivity contribution in [3.05, 3.63) is 0 Å². The van der Waals surface area contributed by atoms with E-state index < -0.39 is 11.9 Å². The largest absolute Gasteiger partial charge is 0.481 e. The van der Waals surface area contributed by atoms with Crippen LogP contribution < -0.4 is 0 Å². The smallest absolute Gasteiger partial charge is 0.307 e. The van der Waals surface area contributed by atoms with Gasteiger partial charge in [0.1, 0.15) is 0 Å². The van der Waals surface area contributed by atoms with Crippen molar-refractivity contribution in [1.29, 1.82) is 0 Å². The van der Waals surface area contributed by atoms with Crippen molar-refractivity contribution in [2.75, 3.05) is 13.1 Å². The van der Waals surface area contributed by atoms with Crippen LogP contribution >= 0.6 is 0 Å². The molecule has 90 valence electrons. The Morgan fingerprint density at radius 1 is 1.12 bits per heavy atom. The minimum absolute atomic E-state index is 0.0529. The van der Waals surface area contributed by atoms with Gasteiger partial charge in [-0.3, -0.25) is 9.59 Å². The number of piperidine rings is 1. The molecule has 0 aromatic carbocycles. The highest BCUT2D eigenvalue weighted by Crippen LogP contribution is 2.59. The molecule has 0 unspecified atom stereocenters. The summed E-state index contributed by atoms with van der Waals surface area (Å²) in [6.07, 6.45) is 3.29. The highest BCUT2D eigenvalue weighted by molar-refractivity contribution is 5.91. The second-order valence-electron chi connectivity index (χ2n) is 5.50. The van der Waals surface area contributed by atoms with E-state index in [2.05, 4.69) is 0 Å². The molecule has 1 amide bonds. The summed E-state index contributed by atoms with van der Waals surface area (Å²) in [6.45, 7) is 5.35. The number of carbonyl (C=O) groups is 2. The maximum atomic E-state index is 12.2. The minimum Gasteiger partial charge on any atom is -0.481 e. The average molecular weight is 225 g/mol. The molecule has 16 heavy (non-hydrogen) atoms. The molecule has 2 fully saturated rings. The Balaban J connectivity index is 2.03. The number of carboxylic acids is 1. The van der Waals surface area contributed by atoms with Crippen LogP contribution in [0.15, 0.2) is 0 Å². The van der Waals surface area contributed by atoms with Crippen molar-refractivity contribution >= 4 is 11.9 Å². The third kappa shape index (κ3) is 1.70. The summed E-state index contributed by atoms with van der Waals surface area (Å²) < 4.78 is 0. The molecule has 0 radical (unpaired) electrons. The molecule has 0 bridgehead atoms. The topological polar surface area (TPSA) is 57.6 Å². The Labute approximate surface area is 95.6 Å². The molecule has 0 aromatic rings. The van der Waals surface area contributed by atoms with E-state index in [1.807, 2.05) is 18.7 Å². The van der Waals surface area contributed by atoms with E-state index in [1.165, 1.54) is 6.42 Å². The van der Waals surface area contributed by atoms with Gasteiger partial charge in [0.05, 0.1) is 11.8 Å². The Hall–Kier alpha value is -1.06. The van der Waals surface area contributed by atoms with Gasteiger partial charge < -0.3 is 10.0 Å². The number of nitrogens with zero attached hydrogens (tertiary/aromatic N) is 1. The maximum Gasteiger partial charge on any atom is 0.307 e. The summed E-state index contributed by atoms with van der Waals surface area (Å²) in [5, 5.41) is 9.04. The number of likely N-dealkylation sites (tertiary alicyclic amines) is 1. The Morgan fingerprint density at radius 3 is 2.12 bits per heavy atom. The van der Waals surface area contributed by atoms with Crippen LogP contribution in [0, 0.1) is 17.3 Å². The molecule has 2 atom stereocenters. The summed E-state index contributed by atoms with van der Waals surface area (Å²) in [4.78, 5) is 25.0. The minimum atomic E-state index is -0.833. The zero-order chi connectivity index (χ0) is 11.9. The molecule has 1 heterocycles. The van der Waals surface area contributed by atoms with E-state index in [1.54, 1.807) is 0 Å². The lowest BCUT2D eigenvalue weighted by Gasteiger charge is -2.27. The first-order valence-electron chi connectivity index (χ1n) is 5.98. The number of rotatable bonds is 2. The number of carboxylic acid groups (broad SMARTS) is 1. The van der Waals surface area contributed by atoms with Crippen LogP contribution in [0.1, 0.15) is 33.1 Å². The maximum absolute atomic E-state index is 12.2. The quantitative estimate of drug-likeness (QED) is 0.772. The first kappa shape index (κ1) is 11.4. The first-order valence-corrected chi connectivity index (χ1v) is 5.98. The number of aliphatic carboxylic acids is 1. The monoisotopic (exact) mass is 225 g/mol. The van der Waals surface area contributed by atoms with E-state index >= 15 is 0 Å². The van der Waals surface area contributed by atoms with Crippen LogP contribution in [-0.4, -0.2) is 35.0 Å². The number of hydrogen-bond acceptors (Lipinski definition) is 2. The molecule has 1 saturated carbocycles. The zero-order valence-corrected chi connectivity index (χ0v) is 9.90. The summed E-state index contributed by atoms with van der Waals surface area (Å²) in [7, 11) is 0. The molecule has 1 N–H and O–H groups in total. The summed E-state index contributed by atoms with van der Waals surface area (Å²) >= 11 is 0. The molecular formula is C12H19NO3. The van der Waals surface area contributed by atoms with E-state index in [0.717, 1.165) is 25.9 Å². The zero-order valence-electron chi connectivity index (χ0n) is 9.90. The van der Waals surface area contributed by atoms with Gasteiger partial charge in [-0.15, -0.1) is 0 Å². The van der Waals surface area contributed by atoms with E-state index in [0.29, 0.717) is 0 Å². The van der Waals surface area contributed by atoms with Gasteiger partial charge in [-0.1, -0.05) is 13.8 Å². The van der Waals surface area contributed by atoms with E-state index in [4.69, 9.17) is 5.11 Å². The normalized spacial score (nSPS) is 32.2. The highest BCUT2D eigenvalue weighted by atomic mass is 16.4. The predicted molar refractivity (Wildman–Crippen MR) is 58.8 cm³/mol. The van der Waals surface area contributed by atoms with Gasteiger partial charge in [0.15, 0.2) is 0 Å². The second-order valence-corrected chi connectivity index (χ2v) is 5.50. The van der Waals surface area contributed by atoms with Crippen LogP contribution in [0.25, 0.3) is 0 Å². The molecule has 2 rings (SSSR count). The molecule has 4 nitrogen and oxygen atoms in total. The van der Waals surface area contributed by atoms with Gasteiger partial charge in [-0.2, -0.15) is 0 Å². The van der Waals surface area contributed by atoms with Gasteiger partial charge in [-0.25, -0.2) is 0 Å².